The Labute approximate surface area is 191 Å². The van der Waals surface area contributed by atoms with Gasteiger partial charge in [0.1, 0.15) is 0 Å². The van der Waals surface area contributed by atoms with Crippen molar-refractivity contribution in [1.82, 2.24) is 14.8 Å². The van der Waals surface area contributed by atoms with Crippen LogP contribution in [-0.4, -0.2) is 20.7 Å². The van der Waals surface area contributed by atoms with Crippen molar-refractivity contribution in [2.45, 2.75) is 6.92 Å². The highest BCUT2D eigenvalue weighted by Crippen LogP contribution is 2.27. The molecule has 0 bridgehead atoms. The lowest BCUT2D eigenvalue weighted by atomic mass is 10.1. The second-order valence-electron chi connectivity index (χ2n) is 6.59. The standard InChI is InChI=1S/C22H15BrCl2N4O/c1-13-2-4-14(5-3-13)21-27-20(28-29(21)17-9-6-15(23)7-10-17)22(30)26-19-11-8-16(24)12-18(19)25/h2-12H,1H3,(H,26,30). The van der Waals surface area contributed by atoms with Crippen molar-refractivity contribution in [1.29, 1.82) is 0 Å². The number of anilines is 1. The van der Waals surface area contributed by atoms with Gasteiger partial charge in [-0.1, -0.05) is 69.0 Å². The molecule has 0 saturated carbocycles. The number of carbonyl (C=O) groups excluding carboxylic acids is 1. The minimum absolute atomic E-state index is 0.0273. The van der Waals surface area contributed by atoms with Crippen LogP contribution in [0.3, 0.4) is 0 Å². The summed E-state index contributed by atoms with van der Waals surface area (Å²) in [6, 6.07) is 20.3. The minimum Gasteiger partial charge on any atom is -0.318 e. The van der Waals surface area contributed by atoms with E-state index in [2.05, 4.69) is 31.3 Å². The number of halogens is 3. The quantitative estimate of drug-likeness (QED) is 0.344. The van der Waals surface area contributed by atoms with Gasteiger partial charge in [-0.2, -0.15) is 0 Å². The van der Waals surface area contributed by atoms with Gasteiger partial charge in [0.05, 0.1) is 16.4 Å². The van der Waals surface area contributed by atoms with Crippen LogP contribution < -0.4 is 5.32 Å². The van der Waals surface area contributed by atoms with Gasteiger partial charge in [0.25, 0.3) is 5.91 Å². The second-order valence-corrected chi connectivity index (χ2v) is 8.35. The monoisotopic (exact) mass is 500 g/mol. The predicted molar refractivity (Wildman–Crippen MR) is 124 cm³/mol. The molecule has 4 aromatic rings. The molecule has 0 atom stereocenters. The molecule has 0 aliphatic carbocycles. The Balaban J connectivity index is 1.75. The number of benzene rings is 3. The van der Waals surface area contributed by atoms with Gasteiger partial charge in [-0.25, -0.2) is 9.67 Å². The molecule has 0 saturated heterocycles. The number of hydrogen-bond donors (Lipinski definition) is 1. The topological polar surface area (TPSA) is 59.8 Å². The molecular weight excluding hydrogens is 487 g/mol. The maximum absolute atomic E-state index is 12.8. The smallest absolute Gasteiger partial charge is 0.295 e. The number of carbonyl (C=O) groups is 1. The zero-order chi connectivity index (χ0) is 21.3. The molecule has 1 heterocycles. The van der Waals surface area contributed by atoms with Gasteiger partial charge in [0.2, 0.25) is 5.82 Å². The van der Waals surface area contributed by atoms with Gasteiger partial charge >= 0.3 is 0 Å². The van der Waals surface area contributed by atoms with Gasteiger partial charge in [0, 0.05) is 15.1 Å². The lowest BCUT2D eigenvalue weighted by molar-refractivity contribution is 0.101. The van der Waals surface area contributed by atoms with Crippen molar-refractivity contribution in [3.63, 3.8) is 0 Å². The van der Waals surface area contributed by atoms with Gasteiger partial charge in [0.15, 0.2) is 5.82 Å². The first kappa shape index (κ1) is 20.6. The summed E-state index contributed by atoms with van der Waals surface area (Å²) in [6.07, 6.45) is 0. The fourth-order valence-electron chi connectivity index (χ4n) is 2.83. The van der Waals surface area contributed by atoms with Crippen molar-refractivity contribution < 1.29 is 4.79 Å². The van der Waals surface area contributed by atoms with E-state index in [1.54, 1.807) is 22.9 Å². The SMILES string of the molecule is Cc1ccc(-c2nc(C(=O)Nc3ccc(Cl)cc3Cl)nn2-c2ccc(Br)cc2)cc1. The molecule has 5 nitrogen and oxygen atoms in total. The number of nitrogens with one attached hydrogen (secondary N) is 1. The van der Waals surface area contributed by atoms with E-state index in [0.717, 1.165) is 21.3 Å². The van der Waals surface area contributed by atoms with E-state index in [1.165, 1.54) is 0 Å². The summed E-state index contributed by atoms with van der Waals surface area (Å²) in [5, 5.41) is 8.02. The van der Waals surface area contributed by atoms with Crippen LogP contribution in [0.25, 0.3) is 17.1 Å². The Morgan fingerprint density at radius 2 is 1.70 bits per heavy atom. The molecule has 0 aliphatic rings. The average Bonchev–Trinajstić information content (AvgIpc) is 3.17. The van der Waals surface area contributed by atoms with Gasteiger partial charge in [-0.15, -0.1) is 5.10 Å². The summed E-state index contributed by atoms with van der Waals surface area (Å²) in [5.41, 5.74) is 3.19. The van der Waals surface area contributed by atoms with Crippen LogP contribution in [-0.2, 0) is 0 Å². The molecule has 1 N–H and O–H groups in total. The summed E-state index contributed by atoms with van der Waals surface area (Å²) in [7, 11) is 0. The van der Waals surface area contributed by atoms with Crippen molar-refractivity contribution in [3.05, 3.63) is 92.6 Å². The summed E-state index contributed by atoms with van der Waals surface area (Å²) >= 11 is 15.5. The number of hydrogen-bond acceptors (Lipinski definition) is 3. The Kier molecular flexibility index (Phi) is 5.90. The van der Waals surface area contributed by atoms with E-state index in [9.17, 15) is 4.79 Å². The highest BCUT2D eigenvalue weighted by atomic mass is 79.9. The van der Waals surface area contributed by atoms with E-state index < -0.39 is 5.91 Å². The third-order valence-corrected chi connectivity index (χ3v) is 5.45. The van der Waals surface area contributed by atoms with E-state index in [0.29, 0.717) is 21.6 Å². The number of rotatable bonds is 4. The summed E-state index contributed by atoms with van der Waals surface area (Å²) in [6.45, 7) is 2.01. The van der Waals surface area contributed by atoms with E-state index in [-0.39, 0.29) is 5.82 Å². The largest absolute Gasteiger partial charge is 0.318 e. The molecule has 0 aliphatic heterocycles. The third-order valence-electron chi connectivity index (χ3n) is 4.37. The molecule has 0 unspecified atom stereocenters. The molecule has 1 amide bonds. The van der Waals surface area contributed by atoms with Crippen molar-refractivity contribution >= 4 is 50.7 Å². The molecule has 1 aromatic heterocycles. The molecule has 0 fully saturated rings. The summed E-state index contributed by atoms with van der Waals surface area (Å²) in [4.78, 5) is 17.4. The van der Waals surface area contributed by atoms with Crippen molar-refractivity contribution in [2.75, 3.05) is 5.32 Å². The molecule has 30 heavy (non-hydrogen) atoms. The van der Waals surface area contributed by atoms with Crippen LogP contribution in [0.4, 0.5) is 5.69 Å². The zero-order valence-corrected chi connectivity index (χ0v) is 18.8. The van der Waals surface area contributed by atoms with Gasteiger partial charge < -0.3 is 5.32 Å². The lowest BCUT2D eigenvalue weighted by Gasteiger charge is -2.06. The van der Waals surface area contributed by atoms with Crippen molar-refractivity contribution in [2.24, 2.45) is 0 Å². The van der Waals surface area contributed by atoms with Crippen LogP contribution >= 0.6 is 39.1 Å². The van der Waals surface area contributed by atoms with Crippen LogP contribution in [0, 0.1) is 6.92 Å². The molecule has 150 valence electrons. The Morgan fingerprint density at radius 3 is 2.37 bits per heavy atom. The molecule has 0 spiro atoms. The van der Waals surface area contributed by atoms with E-state index in [1.807, 2.05) is 55.5 Å². The molecule has 3 aromatic carbocycles. The number of aromatic nitrogens is 3. The van der Waals surface area contributed by atoms with Gasteiger partial charge in [-0.05, 0) is 49.4 Å². The van der Waals surface area contributed by atoms with Crippen molar-refractivity contribution in [3.8, 4) is 17.1 Å². The highest BCUT2D eigenvalue weighted by molar-refractivity contribution is 9.10. The number of amides is 1. The molecular formula is C22H15BrCl2N4O. The second kappa shape index (κ2) is 8.60. The Hall–Kier alpha value is -2.67. The maximum Gasteiger partial charge on any atom is 0.295 e. The maximum atomic E-state index is 12.8. The zero-order valence-electron chi connectivity index (χ0n) is 15.7. The third kappa shape index (κ3) is 4.41. The molecule has 0 radical (unpaired) electrons. The van der Waals surface area contributed by atoms with E-state index >= 15 is 0 Å². The Morgan fingerprint density at radius 1 is 1.00 bits per heavy atom. The number of aryl methyl sites for hydroxylation is 1. The summed E-state index contributed by atoms with van der Waals surface area (Å²) < 4.78 is 2.59. The van der Waals surface area contributed by atoms with Gasteiger partial charge in [-0.3, -0.25) is 4.79 Å². The molecule has 8 heteroatoms. The lowest BCUT2D eigenvalue weighted by Crippen LogP contribution is -2.14. The first-order valence-corrected chi connectivity index (χ1v) is 10.5. The fourth-order valence-corrected chi connectivity index (χ4v) is 3.55. The van der Waals surface area contributed by atoms with Crippen LogP contribution in [0.15, 0.2) is 71.2 Å². The predicted octanol–water partition coefficient (Wildman–Crippen LogP) is 6.56. The van der Waals surface area contributed by atoms with E-state index in [4.69, 9.17) is 23.2 Å². The summed E-state index contributed by atoms with van der Waals surface area (Å²) in [5.74, 6) is 0.118. The Bertz CT molecular complexity index is 1160. The fraction of sp³-hybridized carbons (Fsp3) is 0.0455. The molecule has 4 rings (SSSR count). The minimum atomic E-state index is -0.469. The normalized spacial score (nSPS) is 10.8. The first-order valence-electron chi connectivity index (χ1n) is 8.97. The first-order chi connectivity index (χ1) is 14.4. The highest BCUT2D eigenvalue weighted by Gasteiger charge is 2.19. The van der Waals surface area contributed by atoms with Crippen LogP contribution in [0.1, 0.15) is 16.2 Å². The number of nitrogens with zero attached hydrogens (tertiary/aromatic N) is 3. The average molecular weight is 502 g/mol. The van der Waals surface area contributed by atoms with Crippen LogP contribution in [0.2, 0.25) is 10.0 Å². The van der Waals surface area contributed by atoms with Crippen LogP contribution in [0.5, 0.6) is 0 Å².